The topological polar surface area (TPSA) is 130 Å². The fourth-order valence-electron chi connectivity index (χ4n) is 2.98. The molecule has 31 heavy (non-hydrogen) atoms. The van der Waals surface area contributed by atoms with Gasteiger partial charge in [0, 0.05) is 7.05 Å². The summed E-state index contributed by atoms with van der Waals surface area (Å²) in [6.45, 7) is 3.65. The second-order valence-electron chi connectivity index (χ2n) is 6.80. The van der Waals surface area contributed by atoms with Gasteiger partial charge >= 0.3 is 5.97 Å². The standard InChI is InChI=1S/C22H30N6O3/c1-4-31-21(30)15(2)25-19(20(29)26-22(27-23)28-24-3)14-16-10-12-18(13-11-16)17-8-6-5-7-9-17/h5-13,15,19,24-25H,4,14,23H2,1-3H3,(H2,26,27,28,29). The highest BCUT2D eigenvalue weighted by Gasteiger charge is 2.25. The van der Waals surface area contributed by atoms with E-state index < -0.39 is 24.0 Å². The van der Waals surface area contributed by atoms with Crippen molar-refractivity contribution in [2.45, 2.75) is 32.4 Å². The third-order valence-corrected chi connectivity index (χ3v) is 4.52. The molecule has 0 heterocycles. The van der Waals surface area contributed by atoms with Crippen LogP contribution in [0.25, 0.3) is 11.1 Å². The predicted molar refractivity (Wildman–Crippen MR) is 121 cm³/mol. The molecule has 9 heteroatoms. The van der Waals surface area contributed by atoms with Gasteiger partial charge in [-0.3, -0.25) is 25.6 Å². The van der Waals surface area contributed by atoms with Crippen LogP contribution in [0.3, 0.4) is 0 Å². The normalized spacial score (nSPS) is 13.2. The molecular formula is C22H30N6O3. The Morgan fingerprint density at radius 1 is 1.06 bits per heavy atom. The zero-order chi connectivity index (χ0) is 22.6. The van der Waals surface area contributed by atoms with Crippen molar-refractivity contribution < 1.29 is 14.3 Å². The van der Waals surface area contributed by atoms with Gasteiger partial charge in [-0.1, -0.05) is 54.6 Å². The van der Waals surface area contributed by atoms with Crippen molar-refractivity contribution in [3.8, 4) is 11.1 Å². The molecule has 0 radical (unpaired) electrons. The maximum Gasteiger partial charge on any atom is 0.322 e. The summed E-state index contributed by atoms with van der Waals surface area (Å²) in [4.78, 5) is 24.9. The van der Waals surface area contributed by atoms with E-state index in [0.717, 1.165) is 16.7 Å². The minimum atomic E-state index is -0.725. The van der Waals surface area contributed by atoms with Crippen LogP contribution in [0.2, 0.25) is 0 Å². The number of ether oxygens (including phenoxy) is 1. The van der Waals surface area contributed by atoms with E-state index in [9.17, 15) is 9.59 Å². The Bertz CT molecular complexity index is 871. The summed E-state index contributed by atoms with van der Waals surface area (Å²) in [6, 6.07) is 16.6. The second-order valence-corrected chi connectivity index (χ2v) is 6.80. The van der Waals surface area contributed by atoms with Crippen LogP contribution in [0.15, 0.2) is 59.7 Å². The third kappa shape index (κ3) is 7.40. The highest BCUT2D eigenvalue weighted by molar-refractivity contribution is 5.99. The average Bonchev–Trinajstić information content (AvgIpc) is 2.79. The van der Waals surface area contributed by atoms with Gasteiger partial charge in [0.25, 0.3) is 0 Å². The number of hydrazine groups is 1. The maximum absolute atomic E-state index is 12.9. The van der Waals surface area contributed by atoms with Crippen molar-refractivity contribution in [3.05, 3.63) is 60.2 Å². The van der Waals surface area contributed by atoms with Gasteiger partial charge in [-0.2, -0.15) is 0 Å². The number of benzene rings is 2. The molecule has 2 rings (SSSR count). The molecule has 0 saturated heterocycles. The lowest BCUT2D eigenvalue weighted by Crippen LogP contribution is -2.55. The van der Waals surface area contributed by atoms with Crippen molar-refractivity contribution in [1.29, 1.82) is 0 Å². The summed E-state index contributed by atoms with van der Waals surface area (Å²) in [7, 11) is 1.62. The molecule has 2 aromatic carbocycles. The van der Waals surface area contributed by atoms with E-state index in [1.165, 1.54) is 0 Å². The Balaban J connectivity index is 2.16. The fourth-order valence-corrected chi connectivity index (χ4v) is 2.98. The number of hydrogen-bond donors (Lipinski definition) is 5. The quantitative estimate of drug-likeness (QED) is 0.132. The molecule has 0 saturated carbocycles. The van der Waals surface area contributed by atoms with Gasteiger partial charge in [-0.05, 0) is 37.0 Å². The van der Waals surface area contributed by atoms with E-state index in [2.05, 4.69) is 26.6 Å². The van der Waals surface area contributed by atoms with Gasteiger partial charge in [0.15, 0.2) is 0 Å². The van der Waals surface area contributed by atoms with Crippen molar-refractivity contribution in [2.24, 2.45) is 10.9 Å². The van der Waals surface area contributed by atoms with E-state index in [4.69, 9.17) is 10.6 Å². The molecule has 0 spiro atoms. The van der Waals surface area contributed by atoms with Crippen LogP contribution in [-0.2, 0) is 20.7 Å². The number of hydrazone groups is 1. The lowest BCUT2D eigenvalue weighted by molar-refractivity contribution is -0.145. The van der Waals surface area contributed by atoms with Crippen LogP contribution in [0.5, 0.6) is 0 Å². The molecule has 0 aromatic heterocycles. The molecule has 6 N–H and O–H groups in total. The van der Waals surface area contributed by atoms with Crippen LogP contribution in [0, 0.1) is 0 Å². The number of esters is 1. The number of carbonyl (C=O) groups is 2. The number of nitrogens with one attached hydrogen (secondary N) is 4. The van der Waals surface area contributed by atoms with Crippen molar-refractivity contribution in [1.82, 2.24) is 21.5 Å². The first-order valence-electron chi connectivity index (χ1n) is 10.1. The lowest BCUT2D eigenvalue weighted by Gasteiger charge is -2.22. The zero-order valence-corrected chi connectivity index (χ0v) is 18.0. The Morgan fingerprint density at radius 2 is 1.71 bits per heavy atom. The molecule has 0 fully saturated rings. The summed E-state index contributed by atoms with van der Waals surface area (Å²) < 4.78 is 5.04. The van der Waals surface area contributed by atoms with Gasteiger partial charge in [0.2, 0.25) is 11.9 Å². The SMILES string of the molecule is CCOC(=O)C(C)NC(Cc1ccc(-c2ccccc2)cc1)C(=O)N/C(=N\N)NNC. The Labute approximate surface area is 182 Å². The summed E-state index contributed by atoms with van der Waals surface area (Å²) in [5.74, 6) is 4.53. The fraction of sp³-hybridized carbons (Fsp3) is 0.318. The highest BCUT2D eigenvalue weighted by Crippen LogP contribution is 2.19. The Morgan fingerprint density at radius 3 is 2.29 bits per heavy atom. The summed E-state index contributed by atoms with van der Waals surface area (Å²) in [5, 5.41) is 9.12. The van der Waals surface area contributed by atoms with Gasteiger partial charge < -0.3 is 10.6 Å². The Hall–Kier alpha value is -3.43. The van der Waals surface area contributed by atoms with Crippen LogP contribution in [0.4, 0.5) is 0 Å². The minimum Gasteiger partial charge on any atom is -0.465 e. The summed E-state index contributed by atoms with van der Waals surface area (Å²) in [5.41, 5.74) is 8.38. The minimum absolute atomic E-state index is 0.0579. The number of amides is 1. The molecule has 0 aliphatic carbocycles. The number of rotatable bonds is 9. The first-order chi connectivity index (χ1) is 15.0. The van der Waals surface area contributed by atoms with Crippen molar-refractivity contribution >= 4 is 17.8 Å². The summed E-state index contributed by atoms with van der Waals surface area (Å²) >= 11 is 0. The van der Waals surface area contributed by atoms with Gasteiger partial charge in [0.1, 0.15) is 6.04 Å². The number of carbonyl (C=O) groups excluding carboxylic acids is 2. The van der Waals surface area contributed by atoms with Gasteiger partial charge in [0.05, 0.1) is 12.6 Å². The first-order valence-corrected chi connectivity index (χ1v) is 10.1. The number of hydrogen-bond acceptors (Lipinski definition) is 7. The molecular weight excluding hydrogens is 396 g/mol. The third-order valence-electron chi connectivity index (χ3n) is 4.52. The molecule has 166 valence electrons. The predicted octanol–water partition coefficient (Wildman–Crippen LogP) is 0.876. The molecule has 0 bridgehead atoms. The van der Waals surface area contributed by atoms with Crippen LogP contribution in [-0.4, -0.2) is 43.6 Å². The lowest BCUT2D eigenvalue weighted by atomic mass is 10.00. The van der Waals surface area contributed by atoms with E-state index >= 15 is 0 Å². The number of nitrogens with two attached hydrogens (primary N) is 1. The summed E-state index contributed by atoms with van der Waals surface area (Å²) in [6.07, 6.45) is 0.349. The number of guanidine groups is 1. The molecule has 1 amide bonds. The number of nitrogens with zero attached hydrogens (tertiary/aromatic N) is 1. The van der Waals surface area contributed by atoms with Gasteiger partial charge in [-0.15, -0.1) is 5.10 Å². The van der Waals surface area contributed by atoms with E-state index in [0.29, 0.717) is 6.42 Å². The molecule has 2 aromatic rings. The van der Waals surface area contributed by atoms with Crippen LogP contribution in [0.1, 0.15) is 19.4 Å². The first kappa shape index (κ1) is 23.8. The van der Waals surface area contributed by atoms with E-state index in [-0.39, 0.29) is 12.6 Å². The van der Waals surface area contributed by atoms with Crippen molar-refractivity contribution in [3.63, 3.8) is 0 Å². The van der Waals surface area contributed by atoms with Gasteiger partial charge in [-0.25, -0.2) is 5.43 Å². The molecule has 9 nitrogen and oxygen atoms in total. The maximum atomic E-state index is 12.9. The molecule has 2 unspecified atom stereocenters. The molecule has 0 aliphatic heterocycles. The largest absolute Gasteiger partial charge is 0.465 e. The molecule has 2 atom stereocenters. The van der Waals surface area contributed by atoms with Crippen LogP contribution >= 0.6 is 0 Å². The highest BCUT2D eigenvalue weighted by atomic mass is 16.5. The monoisotopic (exact) mass is 426 g/mol. The molecule has 0 aliphatic rings. The smallest absolute Gasteiger partial charge is 0.322 e. The van der Waals surface area contributed by atoms with Crippen LogP contribution < -0.4 is 27.3 Å². The van der Waals surface area contributed by atoms with E-state index in [1.807, 2.05) is 54.6 Å². The van der Waals surface area contributed by atoms with Crippen molar-refractivity contribution in [2.75, 3.05) is 13.7 Å². The second kappa shape index (κ2) is 12.3. The van der Waals surface area contributed by atoms with E-state index in [1.54, 1.807) is 20.9 Å². The zero-order valence-electron chi connectivity index (χ0n) is 18.0. The average molecular weight is 427 g/mol. The Kier molecular flexibility index (Phi) is 9.47.